The van der Waals surface area contributed by atoms with Crippen molar-refractivity contribution < 1.29 is 17.9 Å². The van der Waals surface area contributed by atoms with Crippen LogP contribution < -0.4 is 4.72 Å². The highest BCUT2D eigenvalue weighted by Crippen LogP contribution is 2.19. The van der Waals surface area contributed by atoms with Crippen LogP contribution >= 0.6 is 0 Å². The summed E-state index contributed by atoms with van der Waals surface area (Å²) < 4.78 is 30.3. The molecule has 1 rings (SSSR count). The molecule has 0 aliphatic heterocycles. The fourth-order valence-electron chi connectivity index (χ4n) is 1.08. The van der Waals surface area contributed by atoms with Crippen molar-refractivity contribution in [2.75, 3.05) is 13.7 Å². The number of aromatic nitrogens is 1. The molecule has 0 radical (unpaired) electrons. The van der Waals surface area contributed by atoms with E-state index in [1.165, 1.54) is 19.3 Å². The van der Waals surface area contributed by atoms with Crippen molar-refractivity contribution >= 4 is 16.3 Å². The molecule has 7 heteroatoms. The number of hydrogen-bond donors (Lipinski definition) is 1. The predicted octanol–water partition coefficient (Wildman–Crippen LogP) is -0.155. The van der Waals surface area contributed by atoms with Crippen molar-refractivity contribution in [1.82, 2.24) is 9.71 Å². The summed E-state index contributed by atoms with van der Waals surface area (Å²) in [5.74, 6) is 0. The van der Waals surface area contributed by atoms with E-state index in [0.29, 0.717) is 6.29 Å². The van der Waals surface area contributed by atoms with Gasteiger partial charge in [0.2, 0.25) is 15.5 Å². The van der Waals surface area contributed by atoms with Gasteiger partial charge in [0.1, 0.15) is 12.9 Å². The number of rotatable bonds is 6. The highest BCUT2D eigenvalue weighted by molar-refractivity contribution is 7.89. The maximum atomic E-state index is 11.6. The molecule has 1 aromatic heterocycles. The van der Waals surface area contributed by atoms with Crippen LogP contribution in [-0.4, -0.2) is 33.3 Å². The van der Waals surface area contributed by atoms with E-state index in [0.717, 1.165) is 0 Å². The molecule has 1 unspecified atom stereocenters. The van der Waals surface area contributed by atoms with E-state index in [1.54, 1.807) is 12.1 Å². The summed E-state index contributed by atoms with van der Waals surface area (Å²) >= 11 is 0. The number of carbonyl (C=O) groups excluding carboxylic acids is 1. The Labute approximate surface area is 93.7 Å². The third-order valence-corrected chi connectivity index (χ3v) is 3.32. The van der Waals surface area contributed by atoms with Gasteiger partial charge < -0.3 is 9.53 Å². The number of carbonyl (C=O) groups is 1. The first-order valence-electron chi connectivity index (χ1n) is 4.50. The Balaban J connectivity index is 3.01. The van der Waals surface area contributed by atoms with Gasteiger partial charge in [-0.1, -0.05) is 6.07 Å². The molecule has 0 aliphatic rings. The Kier molecular flexibility index (Phi) is 4.53. The zero-order valence-electron chi connectivity index (χ0n) is 8.66. The first-order chi connectivity index (χ1) is 7.61. The summed E-state index contributed by atoms with van der Waals surface area (Å²) in [6.45, 7) is -0.303. The lowest BCUT2D eigenvalue weighted by Crippen LogP contribution is -2.28. The van der Waals surface area contributed by atoms with E-state index in [9.17, 15) is 13.2 Å². The van der Waals surface area contributed by atoms with Crippen LogP contribution in [0.25, 0.3) is 0 Å². The first-order valence-corrected chi connectivity index (χ1v) is 6.05. The molecule has 1 N–H and O–H groups in total. The monoisotopic (exact) mass is 244 g/mol. The lowest BCUT2D eigenvalue weighted by atomic mass is 10.4. The SMILES string of the molecule is CNS(=O)(=O)C(OCC=O)c1ccccn1. The van der Waals surface area contributed by atoms with Crippen molar-refractivity contribution in [1.29, 1.82) is 0 Å². The molecule has 1 aromatic rings. The fraction of sp³-hybridized carbons (Fsp3) is 0.333. The molecule has 0 fully saturated rings. The quantitative estimate of drug-likeness (QED) is 0.703. The summed E-state index contributed by atoms with van der Waals surface area (Å²) in [6.07, 6.45) is 1.94. The van der Waals surface area contributed by atoms with E-state index < -0.39 is 15.5 Å². The lowest BCUT2D eigenvalue weighted by molar-refractivity contribution is -0.112. The topological polar surface area (TPSA) is 85.4 Å². The highest BCUT2D eigenvalue weighted by Gasteiger charge is 2.27. The third-order valence-electron chi connectivity index (χ3n) is 1.81. The van der Waals surface area contributed by atoms with Gasteiger partial charge in [-0.05, 0) is 19.2 Å². The van der Waals surface area contributed by atoms with Gasteiger partial charge in [-0.2, -0.15) is 0 Å². The normalized spacial score (nSPS) is 13.3. The predicted molar refractivity (Wildman–Crippen MR) is 57.0 cm³/mol. The van der Waals surface area contributed by atoms with Crippen LogP contribution in [-0.2, 0) is 19.6 Å². The van der Waals surface area contributed by atoms with Crippen LogP contribution in [0.1, 0.15) is 11.1 Å². The molecule has 1 heterocycles. The molecule has 0 aromatic carbocycles. The number of aldehydes is 1. The van der Waals surface area contributed by atoms with Crippen LogP contribution in [0.5, 0.6) is 0 Å². The lowest BCUT2D eigenvalue weighted by Gasteiger charge is -2.15. The molecule has 0 saturated heterocycles. The maximum Gasteiger partial charge on any atom is 0.244 e. The smallest absolute Gasteiger partial charge is 0.244 e. The Morgan fingerprint density at radius 2 is 2.31 bits per heavy atom. The molecular weight excluding hydrogens is 232 g/mol. The number of pyridine rings is 1. The van der Waals surface area contributed by atoms with Crippen molar-refractivity contribution in [3.8, 4) is 0 Å². The van der Waals surface area contributed by atoms with Crippen LogP contribution in [0.4, 0.5) is 0 Å². The summed E-state index contributed by atoms with van der Waals surface area (Å²) in [5, 5.41) is 0. The standard InChI is InChI=1S/C9H12N2O4S/c1-10-16(13,14)9(15-7-6-12)8-4-2-3-5-11-8/h2-6,9-10H,7H2,1H3. The Morgan fingerprint density at radius 1 is 1.56 bits per heavy atom. The van der Waals surface area contributed by atoms with Gasteiger partial charge in [-0.15, -0.1) is 0 Å². The number of nitrogens with zero attached hydrogens (tertiary/aromatic N) is 1. The Morgan fingerprint density at radius 3 is 2.81 bits per heavy atom. The number of ether oxygens (including phenoxy) is 1. The van der Waals surface area contributed by atoms with E-state index >= 15 is 0 Å². The molecular formula is C9H12N2O4S. The molecule has 6 nitrogen and oxygen atoms in total. The number of nitrogens with one attached hydrogen (secondary N) is 1. The van der Waals surface area contributed by atoms with Crippen LogP contribution in [0.15, 0.2) is 24.4 Å². The molecule has 0 amide bonds. The van der Waals surface area contributed by atoms with Gasteiger partial charge >= 0.3 is 0 Å². The minimum absolute atomic E-state index is 0.235. The van der Waals surface area contributed by atoms with E-state index in [1.807, 2.05) is 0 Å². The van der Waals surface area contributed by atoms with Crippen LogP contribution in [0, 0.1) is 0 Å². The van der Waals surface area contributed by atoms with Gasteiger partial charge in [0.15, 0.2) is 0 Å². The second-order valence-corrected chi connectivity index (χ2v) is 4.76. The third kappa shape index (κ3) is 3.09. The van der Waals surface area contributed by atoms with E-state index in [4.69, 9.17) is 4.74 Å². The van der Waals surface area contributed by atoms with Crippen molar-refractivity contribution in [3.05, 3.63) is 30.1 Å². The van der Waals surface area contributed by atoms with E-state index in [2.05, 4.69) is 9.71 Å². The molecule has 0 saturated carbocycles. The maximum absolute atomic E-state index is 11.6. The average Bonchev–Trinajstić information content (AvgIpc) is 2.31. The summed E-state index contributed by atoms with van der Waals surface area (Å²) in [7, 11) is -2.41. The minimum atomic E-state index is -3.68. The highest BCUT2D eigenvalue weighted by atomic mass is 32.2. The van der Waals surface area contributed by atoms with Crippen molar-refractivity contribution in [2.45, 2.75) is 5.44 Å². The minimum Gasteiger partial charge on any atom is -0.347 e. The molecule has 0 aliphatic carbocycles. The Bertz CT molecular complexity index is 432. The fourth-order valence-corrected chi connectivity index (χ4v) is 2.01. The summed E-state index contributed by atoms with van der Waals surface area (Å²) in [4.78, 5) is 14.1. The second kappa shape index (κ2) is 5.69. The zero-order valence-corrected chi connectivity index (χ0v) is 9.48. The van der Waals surface area contributed by atoms with Crippen molar-refractivity contribution in [3.63, 3.8) is 0 Å². The molecule has 0 bridgehead atoms. The van der Waals surface area contributed by atoms with Gasteiger partial charge in [0.25, 0.3) is 0 Å². The molecule has 16 heavy (non-hydrogen) atoms. The largest absolute Gasteiger partial charge is 0.347 e. The van der Waals surface area contributed by atoms with Gasteiger partial charge in [-0.3, -0.25) is 4.98 Å². The van der Waals surface area contributed by atoms with Gasteiger partial charge in [-0.25, -0.2) is 13.1 Å². The first kappa shape index (κ1) is 12.8. The zero-order chi connectivity index (χ0) is 12.0. The van der Waals surface area contributed by atoms with Crippen LogP contribution in [0.3, 0.4) is 0 Å². The molecule has 0 spiro atoms. The van der Waals surface area contributed by atoms with Crippen LogP contribution in [0.2, 0.25) is 0 Å². The Hall–Kier alpha value is -1.31. The average molecular weight is 244 g/mol. The molecule has 1 atom stereocenters. The second-order valence-electron chi connectivity index (χ2n) is 2.84. The number of sulfonamides is 1. The summed E-state index contributed by atoms with van der Waals surface area (Å²) in [5.41, 5.74) is -1.04. The molecule has 88 valence electrons. The van der Waals surface area contributed by atoms with Crippen molar-refractivity contribution in [2.24, 2.45) is 0 Å². The number of hydrogen-bond acceptors (Lipinski definition) is 5. The van der Waals surface area contributed by atoms with E-state index in [-0.39, 0.29) is 12.3 Å². The van der Waals surface area contributed by atoms with Gasteiger partial charge in [0, 0.05) is 6.20 Å². The van der Waals surface area contributed by atoms with Gasteiger partial charge in [0.05, 0.1) is 5.69 Å². The summed E-state index contributed by atoms with van der Waals surface area (Å²) in [6, 6.07) is 4.82.